The van der Waals surface area contributed by atoms with Crippen LogP contribution in [0.5, 0.6) is 0 Å². The lowest BCUT2D eigenvalue weighted by atomic mass is 9.92. The van der Waals surface area contributed by atoms with Crippen LogP contribution >= 0.6 is 0 Å². The number of aliphatic imine (C=N–C) groups is 1. The summed E-state index contributed by atoms with van der Waals surface area (Å²) in [6.07, 6.45) is 7.68. The van der Waals surface area contributed by atoms with Crippen LogP contribution in [0.25, 0.3) is 0 Å². The van der Waals surface area contributed by atoms with Gasteiger partial charge in [-0.25, -0.2) is 0 Å². The molecular formula is C13H14N2O. The first-order chi connectivity index (χ1) is 7.90. The second kappa shape index (κ2) is 5.35. The normalized spacial score (nSPS) is 24.8. The number of nitrogens with zero attached hydrogens (tertiary/aromatic N) is 2. The van der Waals surface area contributed by atoms with E-state index in [-0.39, 0.29) is 12.0 Å². The van der Waals surface area contributed by atoms with E-state index in [1.807, 2.05) is 42.6 Å². The van der Waals surface area contributed by atoms with Crippen LogP contribution in [0.1, 0.15) is 12.8 Å². The van der Waals surface area contributed by atoms with Gasteiger partial charge < -0.3 is 0 Å². The molecule has 0 N–H and O–H groups in total. The highest BCUT2D eigenvalue weighted by Gasteiger charge is 2.20. The molecule has 0 saturated carbocycles. The smallest absolute Gasteiger partial charge is 0.103 e. The minimum atomic E-state index is -0.155. The Balaban J connectivity index is 2.08. The largest absolute Gasteiger partial charge is 0.261 e. The second-order valence-electron chi connectivity index (χ2n) is 3.87. The third-order valence-corrected chi connectivity index (χ3v) is 2.72. The van der Waals surface area contributed by atoms with Gasteiger partial charge in [0.05, 0.1) is 5.69 Å². The number of hydrogen-bond acceptors (Lipinski definition) is 3. The van der Waals surface area contributed by atoms with Gasteiger partial charge in [0.25, 0.3) is 0 Å². The Hall–Kier alpha value is -1.77. The summed E-state index contributed by atoms with van der Waals surface area (Å²) in [5.74, 6) is 0.0476. The molecule has 0 heterocycles. The molecule has 1 aliphatic carbocycles. The van der Waals surface area contributed by atoms with Gasteiger partial charge in [0, 0.05) is 12.1 Å². The van der Waals surface area contributed by atoms with Crippen molar-refractivity contribution < 1.29 is 0 Å². The van der Waals surface area contributed by atoms with E-state index in [4.69, 9.17) is 0 Å². The van der Waals surface area contributed by atoms with Gasteiger partial charge >= 0.3 is 0 Å². The van der Waals surface area contributed by atoms with Gasteiger partial charge in [-0.15, -0.1) is 0 Å². The molecule has 2 atom stereocenters. The number of rotatable bonds is 3. The van der Waals surface area contributed by atoms with Crippen LogP contribution in [-0.2, 0) is 0 Å². The second-order valence-corrected chi connectivity index (χ2v) is 3.87. The highest BCUT2D eigenvalue weighted by atomic mass is 16.3. The maximum absolute atomic E-state index is 10.6. The van der Waals surface area contributed by atoms with Gasteiger partial charge in [-0.2, -0.15) is 4.91 Å². The van der Waals surface area contributed by atoms with E-state index >= 15 is 0 Å². The first kappa shape index (κ1) is 10.7. The molecule has 0 fully saturated rings. The third-order valence-electron chi connectivity index (χ3n) is 2.72. The molecule has 0 radical (unpaired) electrons. The molecule has 3 heteroatoms. The lowest BCUT2D eigenvalue weighted by molar-refractivity contribution is 0.548. The Bertz CT molecular complexity index is 398. The Morgan fingerprint density at radius 1 is 1.25 bits per heavy atom. The Morgan fingerprint density at radius 3 is 2.81 bits per heavy atom. The van der Waals surface area contributed by atoms with Crippen LogP contribution in [0, 0.1) is 10.8 Å². The van der Waals surface area contributed by atoms with Crippen LogP contribution in [0.4, 0.5) is 5.69 Å². The molecule has 0 bridgehead atoms. The molecule has 3 nitrogen and oxygen atoms in total. The molecule has 1 aromatic rings. The van der Waals surface area contributed by atoms with Gasteiger partial charge in [0.15, 0.2) is 0 Å². The van der Waals surface area contributed by atoms with Crippen molar-refractivity contribution in [3.05, 3.63) is 47.4 Å². The number of hydrogen-bond donors (Lipinski definition) is 0. The zero-order valence-electron chi connectivity index (χ0n) is 8.99. The summed E-state index contributed by atoms with van der Waals surface area (Å²) in [6, 6.07) is 9.56. The molecular weight excluding hydrogens is 200 g/mol. The van der Waals surface area contributed by atoms with E-state index < -0.39 is 0 Å². The fourth-order valence-electron chi connectivity index (χ4n) is 1.80. The first-order valence-corrected chi connectivity index (χ1v) is 5.48. The molecule has 0 amide bonds. The first-order valence-electron chi connectivity index (χ1n) is 5.48. The van der Waals surface area contributed by atoms with E-state index in [1.54, 1.807) is 0 Å². The molecule has 16 heavy (non-hydrogen) atoms. The number of benzene rings is 1. The maximum Gasteiger partial charge on any atom is 0.103 e. The van der Waals surface area contributed by atoms with E-state index in [9.17, 15) is 4.91 Å². The van der Waals surface area contributed by atoms with E-state index in [0.29, 0.717) is 0 Å². The zero-order chi connectivity index (χ0) is 11.2. The summed E-state index contributed by atoms with van der Waals surface area (Å²) >= 11 is 0. The minimum Gasteiger partial charge on any atom is -0.261 e. The molecule has 0 spiro atoms. The quantitative estimate of drug-likeness (QED) is 0.431. The van der Waals surface area contributed by atoms with Crippen molar-refractivity contribution in [2.75, 3.05) is 0 Å². The van der Waals surface area contributed by atoms with Crippen molar-refractivity contribution in [1.82, 2.24) is 0 Å². The SMILES string of the molecule is O=NC1CCC=CC1C=Nc1ccccc1. The monoisotopic (exact) mass is 214 g/mol. The molecule has 82 valence electrons. The van der Waals surface area contributed by atoms with Gasteiger partial charge in [-0.05, 0) is 25.0 Å². The molecule has 1 aliphatic rings. The maximum atomic E-state index is 10.6. The molecule has 2 rings (SSSR count). The lowest BCUT2D eigenvalue weighted by Gasteiger charge is -2.17. The Kier molecular flexibility index (Phi) is 3.59. The van der Waals surface area contributed by atoms with Crippen molar-refractivity contribution in [1.29, 1.82) is 0 Å². The summed E-state index contributed by atoms with van der Waals surface area (Å²) in [5, 5.41) is 3.15. The van der Waals surface area contributed by atoms with Crippen molar-refractivity contribution in [3.63, 3.8) is 0 Å². The Morgan fingerprint density at radius 2 is 2.06 bits per heavy atom. The summed E-state index contributed by atoms with van der Waals surface area (Å²) in [4.78, 5) is 15.0. The number of allylic oxidation sites excluding steroid dienone is 1. The van der Waals surface area contributed by atoms with Crippen LogP contribution in [0.2, 0.25) is 0 Å². The average molecular weight is 214 g/mol. The molecule has 0 aromatic heterocycles. The zero-order valence-corrected chi connectivity index (χ0v) is 8.99. The van der Waals surface area contributed by atoms with Crippen LogP contribution in [-0.4, -0.2) is 12.3 Å². The van der Waals surface area contributed by atoms with Crippen LogP contribution in [0.3, 0.4) is 0 Å². The third kappa shape index (κ3) is 2.63. The topological polar surface area (TPSA) is 41.8 Å². The van der Waals surface area contributed by atoms with E-state index in [1.165, 1.54) is 0 Å². The molecule has 0 saturated heterocycles. The summed E-state index contributed by atoms with van der Waals surface area (Å²) in [5.41, 5.74) is 0.908. The van der Waals surface area contributed by atoms with Crippen LogP contribution < -0.4 is 0 Å². The highest BCUT2D eigenvalue weighted by molar-refractivity contribution is 5.68. The predicted molar refractivity (Wildman–Crippen MR) is 66.0 cm³/mol. The highest BCUT2D eigenvalue weighted by Crippen LogP contribution is 2.20. The van der Waals surface area contributed by atoms with Crippen molar-refractivity contribution in [3.8, 4) is 0 Å². The predicted octanol–water partition coefficient (Wildman–Crippen LogP) is 3.49. The lowest BCUT2D eigenvalue weighted by Crippen LogP contribution is -2.20. The summed E-state index contributed by atoms with van der Waals surface area (Å²) in [7, 11) is 0. The molecule has 0 aliphatic heterocycles. The number of nitroso groups, excluding NO2 is 1. The minimum absolute atomic E-state index is 0.0476. The average Bonchev–Trinajstić information content (AvgIpc) is 2.38. The summed E-state index contributed by atoms with van der Waals surface area (Å²) in [6.45, 7) is 0. The molecule has 2 unspecified atom stereocenters. The fourth-order valence-corrected chi connectivity index (χ4v) is 1.80. The molecule has 1 aromatic carbocycles. The standard InChI is InChI=1S/C13H14N2O/c16-15-13-9-5-4-6-11(13)10-14-12-7-2-1-3-8-12/h1-4,6-8,10-11,13H,5,9H2. The van der Waals surface area contributed by atoms with Gasteiger partial charge in [-0.3, -0.25) is 4.99 Å². The fraction of sp³-hybridized carbons (Fsp3) is 0.308. The number of para-hydroxylation sites is 1. The van der Waals surface area contributed by atoms with Gasteiger partial charge in [0.1, 0.15) is 6.04 Å². The summed E-state index contributed by atoms with van der Waals surface area (Å²) < 4.78 is 0. The van der Waals surface area contributed by atoms with Crippen LogP contribution in [0.15, 0.2) is 52.7 Å². The Labute approximate surface area is 94.9 Å². The van der Waals surface area contributed by atoms with E-state index in [2.05, 4.69) is 16.2 Å². The van der Waals surface area contributed by atoms with Crippen molar-refractivity contribution >= 4 is 11.9 Å². The van der Waals surface area contributed by atoms with Gasteiger partial charge in [-0.1, -0.05) is 35.5 Å². The van der Waals surface area contributed by atoms with Crippen molar-refractivity contribution in [2.45, 2.75) is 18.9 Å². The van der Waals surface area contributed by atoms with Gasteiger partial charge in [0.2, 0.25) is 0 Å². The van der Waals surface area contributed by atoms with E-state index in [0.717, 1.165) is 18.5 Å². The van der Waals surface area contributed by atoms with Crippen molar-refractivity contribution in [2.24, 2.45) is 16.1 Å².